The molecule has 0 atom stereocenters. The average molecular weight is 323 g/mol. The van der Waals surface area contributed by atoms with Crippen LogP contribution in [0.5, 0.6) is 0 Å². The summed E-state index contributed by atoms with van der Waals surface area (Å²) in [5, 5.41) is 4.62. The molecule has 2 aromatic heterocycles. The lowest BCUT2D eigenvalue weighted by Gasteiger charge is -2.06. The zero-order chi connectivity index (χ0) is 16.9. The van der Waals surface area contributed by atoms with Gasteiger partial charge in [0, 0.05) is 17.3 Å². The maximum atomic E-state index is 12.0. The third-order valence-corrected chi connectivity index (χ3v) is 3.78. The van der Waals surface area contributed by atoms with Crippen LogP contribution >= 0.6 is 0 Å². The summed E-state index contributed by atoms with van der Waals surface area (Å²) in [6, 6.07) is 13.8. The maximum Gasteiger partial charge on any atom is 0.311 e. The first-order valence-corrected chi connectivity index (χ1v) is 8.24. The summed E-state index contributed by atoms with van der Waals surface area (Å²) in [5.41, 5.74) is 4.26. The predicted octanol–water partition coefficient (Wildman–Crippen LogP) is 3.59. The van der Waals surface area contributed by atoms with E-state index in [0.717, 1.165) is 41.1 Å². The number of benzene rings is 1. The second kappa shape index (κ2) is 7.25. The van der Waals surface area contributed by atoms with Gasteiger partial charge in [-0.1, -0.05) is 43.7 Å². The van der Waals surface area contributed by atoms with Crippen LogP contribution in [0.4, 0.5) is 0 Å². The van der Waals surface area contributed by atoms with Crippen molar-refractivity contribution in [3.05, 3.63) is 53.9 Å². The van der Waals surface area contributed by atoms with Crippen LogP contribution in [-0.4, -0.2) is 27.2 Å². The average Bonchev–Trinajstić information content (AvgIpc) is 3.00. The Kier molecular flexibility index (Phi) is 4.89. The molecule has 5 heteroatoms. The van der Waals surface area contributed by atoms with E-state index in [0.29, 0.717) is 6.61 Å². The molecular formula is C19H21N3O2. The first-order chi connectivity index (χ1) is 11.7. The zero-order valence-corrected chi connectivity index (χ0v) is 14.0. The number of hydrogen-bond donors (Lipinski definition) is 0. The Morgan fingerprint density at radius 3 is 2.75 bits per heavy atom. The van der Waals surface area contributed by atoms with Crippen LogP contribution in [0.1, 0.15) is 31.2 Å². The highest BCUT2D eigenvalue weighted by Gasteiger charge is 2.13. The van der Waals surface area contributed by atoms with Crippen molar-refractivity contribution in [1.82, 2.24) is 14.6 Å². The fourth-order valence-electron chi connectivity index (χ4n) is 2.58. The van der Waals surface area contributed by atoms with Crippen molar-refractivity contribution in [2.45, 2.75) is 33.1 Å². The molecule has 0 aliphatic heterocycles. The number of aromatic nitrogens is 3. The Labute approximate surface area is 141 Å². The molecule has 124 valence electrons. The summed E-state index contributed by atoms with van der Waals surface area (Å²) < 4.78 is 7.00. The molecular weight excluding hydrogens is 302 g/mol. The van der Waals surface area contributed by atoms with E-state index in [1.165, 1.54) is 0 Å². The standard InChI is InChI=1S/C19H21N3O2/c1-3-4-10-24-19(23)12-16-11-14(2)20-18-13-17(21-22(16)18)15-8-6-5-7-9-15/h5-9,11,13H,3-4,10,12H2,1-2H3. The highest BCUT2D eigenvalue weighted by Crippen LogP contribution is 2.20. The number of unbranched alkanes of at least 4 members (excludes halogenated alkanes) is 1. The second-order valence-corrected chi connectivity index (χ2v) is 5.81. The van der Waals surface area contributed by atoms with Crippen molar-refractivity contribution in [2.24, 2.45) is 0 Å². The van der Waals surface area contributed by atoms with Gasteiger partial charge < -0.3 is 4.74 Å². The van der Waals surface area contributed by atoms with Crippen LogP contribution in [0.15, 0.2) is 42.5 Å². The van der Waals surface area contributed by atoms with E-state index in [2.05, 4.69) is 17.0 Å². The van der Waals surface area contributed by atoms with Crippen LogP contribution in [0.2, 0.25) is 0 Å². The van der Waals surface area contributed by atoms with E-state index in [4.69, 9.17) is 4.74 Å². The molecule has 0 radical (unpaired) electrons. The van der Waals surface area contributed by atoms with Gasteiger partial charge in [0.25, 0.3) is 0 Å². The Morgan fingerprint density at radius 1 is 1.21 bits per heavy atom. The molecule has 3 rings (SSSR count). The third kappa shape index (κ3) is 3.62. The molecule has 24 heavy (non-hydrogen) atoms. The number of hydrogen-bond acceptors (Lipinski definition) is 4. The van der Waals surface area contributed by atoms with Crippen LogP contribution < -0.4 is 0 Å². The summed E-state index contributed by atoms with van der Waals surface area (Å²) in [4.78, 5) is 16.5. The molecule has 3 aromatic rings. The van der Waals surface area contributed by atoms with Crippen LogP contribution in [-0.2, 0) is 16.0 Å². The smallest absolute Gasteiger partial charge is 0.311 e. The zero-order valence-electron chi connectivity index (χ0n) is 14.0. The number of carbonyl (C=O) groups excluding carboxylic acids is 1. The predicted molar refractivity (Wildman–Crippen MR) is 92.7 cm³/mol. The van der Waals surface area contributed by atoms with Gasteiger partial charge in [-0.05, 0) is 19.4 Å². The summed E-state index contributed by atoms with van der Waals surface area (Å²) in [5.74, 6) is -0.230. The lowest BCUT2D eigenvalue weighted by molar-refractivity contribution is -0.143. The van der Waals surface area contributed by atoms with Gasteiger partial charge in [-0.25, -0.2) is 9.50 Å². The lowest BCUT2D eigenvalue weighted by Crippen LogP contribution is -2.13. The number of esters is 1. The summed E-state index contributed by atoms with van der Waals surface area (Å²) in [6.45, 7) is 4.45. The molecule has 0 aliphatic rings. The summed E-state index contributed by atoms with van der Waals surface area (Å²) >= 11 is 0. The molecule has 0 N–H and O–H groups in total. The van der Waals surface area contributed by atoms with E-state index in [-0.39, 0.29) is 12.4 Å². The van der Waals surface area contributed by atoms with Gasteiger partial charge in [0.2, 0.25) is 0 Å². The van der Waals surface area contributed by atoms with Crippen molar-refractivity contribution >= 4 is 11.6 Å². The fourth-order valence-corrected chi connectivity index (χ4v) is 2.58. The molecule has 5 nitrogen and oxygen atoms in total. The van der Waals surface area contributed by atoms with Crippen molar-refractivity contribution in [2.75, 3.05) is 6.61 Å². The molecule has 0 aliphatic carbocycles. The normalized spacial score (nSPS) is 10.9. The topological polar surface area (TPSA) is 56.5 Å². The minimum absolute atomic E-state index is 0.194. The number of fused-ring (bicyclic) bond motifs is 1. The molecule has 1 aromatic carbocycles. The van der Waals surface area contributed by atoms with E-state index in [1.807, 2.05) is 49.4 Å². The summed E-state index contributed by atoms with van der Waals surface area (Å²) in [7, 11) is 0. The Hall–Kier alpha value is -2.69. The minimum atomic E-state index is -0.230. The lowest BCUT2D eigenvalue weighted by atomic mass is 10.2. The molecule has 0 bridgehead atoms. The van der Waals surface area contributed by atoms with Gasteiger partial charge >= 0.3 is 5.97 Å². The first kappa shape index (κ1) is 16.2. The van der Waals surface area contributed by atoms with Gasteiger partial charge in [-0.15, -0.1) is 0 Å². The van der Waals surface area contributed by atoms with Gasteiger partial charge in [0.15, 0.2) is 5.65 Å². The van der Waals surface area contributed by atoms with Crippen molar-refractivity contribution in [3.63, 3.8) is 0 Å². The van der Waals surface area contributed by atoms with Crippen molar-refractivity contribution < 1.29 is 9.53 Å². The summed E-state index contributed by atoms with van der Waals surface area (Å²) in [6.07, 6.45) is 2.08. The molecule has 2 heterocycles. The molecule has 0 unspecified atom stereocenters. The molecule has 0 saturated heterocycles. The number of carbonyl (C=O) groups is 1. The van der Waals surface area contributed by atoms with E-state index >= 15 is 0 Å². The molecule has 0 fully saturated rings. The molecule has 0 spiro atoms. The Morgan fingerprint density at radius 2 is 2.00 bits per heavy atom. The van der Waals surface area contributed by atoms with E-state index < -0.39 is 0 Å². The van der Waals surface area contributed by atoms with Crippen LogP contribution in [0.25, 0.3) is 16.9 Å². The van der Waals surface area contributed by atoms with Gasteiger partial charge in [-0.2, -0.15) is 5.10 Å². The van der Waals surface area contributed by atoms with Crippen molar-refractivity contribution in [1.29, 1.82) is 0 Å². The number of aryl methyl sites for hydroxylation is 1. The van der Waals surface area contributed by atoms with E-state index in [1.54, 1.807) is 4.52 Å². The van der Waals surface area contributed by atoms with Gasteiger partial charge in [0.1, 0.15) is 0 Å². The van der Waals surface area contributed by atoms with Gasteiger partial charge in [-0.3, -0.25) is 4.79 Å². The number of rotatable bonds is 6. The first-order valence-electron chi connectivity index (χ1n) is 8.24. The Bertz CT molecular complexity index is 840. The number of ether oxygens (including phenoxy) is 1. The van der Waals surface area contributed by atoms with Crippen molar-refractivity contribution in [3.8, 4) is 11.3 Å². The monoisotopic (exact) mass is 323 g/mol. The largest absolute Gasteiger partial charge is 0.465 e. The highest BCUT2D eigenvalue weighted by molar-refractivity contribution is 5.72. The highest BCUT2D eigenvalue weighted by atomic mass is 16.5. The van der Waals surface area contributed by atoms with Crippen LogP contribution in [0, 0.1) is 6.92 Å². The number of nitrogens with zero attached hydrogens (tertiary/aromatic N) is 3. The van der Waals surface area contributed by atoms with Crippen LogP contribution in [0.3, 0.4) is 0 Å². The molecule has 0 amide bonds. The molecule has 0 saturated carbocycles. The minimum Gasteiger partial charge on any atom is -0.465 e. The van der Waals surface area contributed by atoms with E-state index in [9.17, 15) is 4.79 Å². The Balaban J connectivity index is 1.90. The SMILES string of the molecule is CCCCOC(=O)Cc1cc(C)nc2cc(-c3ccccc3)nn12. The maximum absolute atomic E-state index is 12.0. The third-order valence-electron chi connectivity index (χ3n) is 3.78. The second-order valence-electron chi connectivity index (χ2n) is 5.81. The quantitative estimate of drug-likeness (QED) is 0.514. The van der Waals surface area contributed by atoms with Gasteiger partial charge in [0.05, 0.1) is 24.4 Å². The fraction of sp³-hybridized carbons (Fsp3) is 0.316.